The summed E-state index contributed by atoms with van der Waals surface area (Å²) in [6, 6.07) is 0. The van der Waals surface area contributed by atoms with E-state index < -0.39 is 17.0 Å². The van der Waals surface area contributed by atoms with Gasteiger partial charge in [-0.25, -0.2) is 4.79 Å². The molecule has 0 fully saturated rings. The van der Waals surface area contributed by atoms with Gasteiger partial charge >= 0.3 is 5.97 Å². The maximum absolute atomic E-state index is 10.4. The molecule has 0 amide bonds. The zero-order valence-electron chi connectivity index (χ0n) is 6.45. The van der Waals surface area contributed by atoms with Crippen LogP contribution in [0.4, 0.5) is 0 Å². The zero-order valence-corrected chi connectivity index (χ0v) is 8.90. The average Bonchev–Trinajstić information content (AvgIpc) is 2.52. The van der Waals surface area contributed by atoms with Crippen molar-refractivity contribution in [1.82, 2.24) is 10.2 Å². The molecule has 76 valence electrons. The highest BCUT2D eigenvalue weighted by atomic mass is 32.2. The van der Waals surface area contributed by atoms with Crippen molar-refractivity contribution < 1.29 is 18.7 Å². The van der Waals surface area contributed by atoms with Gasteiger partial charge in [-0.3, -0.25) is 4.21 Å². The normalized spacial score (nSPS) is 13.2. The highest BCUT2D eigenvalue weighted by Crippen LogP contribution is 2.24. The van der Waals surface area contributed by atoms with Crippen molar-refractivity contribution in [1.29, 1.82) is 0 Å². The molecular weight excluding hydrogens is 248 g/mol. The van der Waals surface area contributed by atoms with Gasteiger partial charge in [-0.15, -0.1) is 10.2 Å². The fourth-order valence-corrected chi connectivity index (χ4v) is 2.53. The molecule has 1 heterocycles. The van der Waals surface area contributed by atoms with Crippen LogP contribution in [0.1, 0.15) is 0 Å². The van der Waals surface area contributed by atoms with Gasteiger partial charge in [-0.05, 0) is 5.41 Å². The minimum atomic E-state index is -2.38. The Labute approximate surface area is 89.3 Å². The average molecular weight is 251 g/mol. The standard InChI is InChI=1S/C5H4N2O4S3/c8-3(9)1-2-12-4-6-7-5(13-4)14(10)11/h1-2H,(H,8,9)(H,10,11)/p-1/b2-1+. The molecule has 1 atom stereocenters. The van der Waals surface area contributed by atoms with E-state index in [0.29, 0.717) is 4.34 Å². The van der Waals surface area contributed by atoms with Gasteiger partial charge in [0, 0.05) is 17.2 Å². The van der Waals surface area contributed by atoms with Crippen LogP contribution in [-0.2, 0) is 15.9 Å². The number of aliphatic carboxylic acids is 1. The first-order valence-corrected chi connectivity index (χ1v) is 5.85. The number of carboxylic acids is 1. The maximum atomic E-state index is 10.4. The second-order valence-electron chi connectivity index (χ2n) is 1.83. The SMILES string of the molecule is O=C(O)/C=C/Sc1nnc(S(=O)[O-])s1. The number of aromatic nitrogens is 2. The third-order valence-corrected chi connectivity index (χ3v) is 3.54. The molecule has 1 unspecified atom stereocenters. The molecule has 0 saturated heterocycles. The van der Waals surface area contributed by atoms with Gasteiger partial charge in [0.1, 0.15) is 0 Å². The van der Waals surface area contributed by atoms with Crippen LogP contribution >= 0.6 is 23.1 Å². The molecule has 0 radical (unpaired) electrons. The molecule has 6 nitrogen and oxygen atoms in total. The summed E-state index contributed by atoms with van der Waals surface area (Å²) in [6.07, 6.45) is 0.930. The molecule has 0 aliphatic rings. The Hall–Kier alpha value is -0.770. The first kappa shape index (κ1) is 11.3. The molecule has 1 aromatic heterocycles. The maximum Gasteiger partial charge on any atom is 0.328 e. The van der Waals surface area contributed by atoms with Crippen molar-refractivity contribution in [3.8, 4) is 0 Å². The second kappa shape index (κ2) is 5.20. The third-order valence-electron chi connectivity index (χ3n) is 0.910. The first-order valence-electron chi connectivity index (χ1n) is 3.08. The predicted molar refractivity (Wildman–Crippen MR) is 49.7 cm³/mol. The summed E-state index contributed by atoms with van der Waals surface area (Å²) in [4.78, 5) is 10.1. The molecule has 1 aromatic rings. The van der Waals surface area contributed by atoms with Gasteiger partial charge in [-0.1, -0.05) is 23.1 Å². The topological polar surface area (TPSA) is 103 Å². The van der Waals surface area contributed by atoms with Crippen LogP contribution in [0.2, 0.25) is 0 Å². The van der Waals surface area contributed by atoms with E-state index in [1.807, 2.05) is 0 Å². The molecular formula is C5H3N2O4S3-. The van der Waals surface area contributed by atoms with Crippen molar-refractivity contribution in [3.05, 3.63) is 11.5 Å². The number of carboxylic acid groups (broad SMARTS) is 1. The van der Waals surface area contributed by atoms with Gasteiger partial charge in [0.05, 0.1) is 0 Å². The fourth-order valence-electron chi connectivity index (χ4n) is 0.463. The number of carbonyl (C=O) groups is 1. The number of hydrogen-bond acceptors (Lipinski definition) is 7. The highest BCUT2D eigenvalue weighted by molar-refractivity contribution is 8.03. The lowest BCUT2D eigenvalue weighted by atomic mass is 10.7. The van der Waals surface area contributed by atoms with Crippen molar-refractivity contribution in [2.75, 3.05) is 0 Å². The van der Waals surface area contributed by atoms with Gasteiger partial charge in [0.15, 0.2) is 8.68 Å². The van der Waals surface area contributed by atoms with Gasteiger partial charge < -0.3 is 9.66 Å². The Kier molecular flexibility index (Phi) is 4.20. The molecule has 1 N–H and O–H groups in total. The Morgan fingerprint density at radius 3 is 2.86 bits per heavy atom. The molecule has 9 heteroatoms. The summed E-state index contributed by atoms with van der Waals surface area (Å²) in [5.41, 5.74) is 0. The summed E-state index contributed by atoms with van der Waals surface area (Å²) < 4.78 is 21.0. The number of rotatable bonds is 4. The summed E-state index contributed by atoms with van der Waals surface area (Å²) in [5, 5.41) is 16.4. The molecule has 0 aromatic carbocycles. The lowest BCUT2D eigenvalue weighted by Crippen LogP contribution is -1.85. The number of hydrogen-bond donors (Lipinski definition) is 1. The minimum absolute atomic E-state index is 0.115. The van der Waals surface area contributed by atoms with Crippen molar-refractivity contribution in [3.63, 3.8) is 0 Å². The van der Waals surface area contributed by atoms with E-state index >= 15 is 0 Å². The quantitative estimate of drug-likeness (QED) is 0.471. The lowest BCUT2D eigenvalue weighted by Gasteiger charge is -1.94. The van der Waals surface area contributed by atoms with Crippen molar-refractivity contribution in [2.45, 2.75) is 8.68 Å². The molecule has 1 rings (SSSR count). The second-order valence-corrected chi connectivity index (χ2v) is 5.07. The third kappa shape index (κ3) is 3.54. The van der Waals surface area contributed by atoms with E-state index in [9.17, 15) is 13.6 Å². The summed E-state index contributed by atoms with van der Waals surface area (Å²) in [7, 11) is 0. The van der Waals surface area contributed by atoms with Crippen LogP contribution in [-0.4, -0.2) is 30.0 Å². The monoisotopic (exact) mass is 251 g/mol. The van der Waals surface area contributed by atoms with Gasteiger partial charge in [0.2, 0.25) is 0 Å². The van der Waals surface area contributed by atoms with E-state index in [4.69, 9.17) is 5.11 Å². The minimum Gasteiger partial charge on any atom is -0.767 e. The van der Waals surface area contributed by atoms with E-state index in [-0.39, 0.29) is 4.34 Å². The first-order chi connectivity index (χ1) is 6.59. The molecule has 0 saturated carbocycles. The largest absolute Gasteiger partial charge is 0.767 e. The summed E-state index contributed by atoms with van der Waals surface area (Å²) in [6.45, 7) is 0. The van der Waals surface area contributed by atoms with Crippen LogP contribution < -0.4 is 0 Å². The number of thioether (sulfide) groups is 1. The van der Waals surface area contributed by atoms with E-state index in [1.165, 1.54) is 5.41 Å². The summed E-state index contributed by atoms with van der Waals surface area (Å²) in [5.74, 6) is -1.07. The Morgan fingerprint density at radius 1 is 1.64 bits per heavy atom. The fraction of sp³-hybridized carbons (Fsp3) is 0. The summed E-state index contributed by atoms with van der Waals surface area (Å²) >= 11 is -0.508. The van der Waals surface area contributed by atoms with E-state index in [2.05, 4.69) is 10.2 Å². The van der Waals surface area contributed by atoms with E-state index in [1.54, 1.807) is 0 Å². The van der Waals surface area contributed by atoms with Crippen molar-refractivity contribution in [2.24, 2.45) is 0 Å². The van der Waals surface area contributed by atoms with Gasteiger partial charge in [0.25, 0.3) is 0 Å². The molecule has 0 aliphatic carbocycles. The number of nitrogens with zero attached hydrogens (tertiary/aromatic N) is 2. The van der Waals surface area contributed by atoms with Crippen LogP contribution in [0.15, 0.2) is 20.2 Å². The van der Waals surface area contributed by atoms with E-state index in [0.717, 1.165) is 29.2 Å². The Morgan fingerprint density at radius 2 is 2.36 bits per heavy atom. The smallest absolute Gasteiger partial charge is 0.328 e. The molecule has 14 heavy (non-hydrogen) atoms. The lowest BCUT2D eigenvalue weighted by molar-refractivity contribution is -0.131. The Balaban J connectivity index is 2.60. The molecule has 0 bridgehead atoms. The zero-order chi connectivity index (χ0) is 10.6. The van der Waals surface area contributed by atoms with Crippen LogP contribution in [0.3, 0.4) is 0 Å². The van der Waals surface area contributed by atoms with Crippen LogP contribution in [0.5, 0.6) is 0 Å². The molecule has 0 spiro atoms. The van der Waals surface area contributed by atoms with Crippen LogP contribution in [0.25, 0.3) is 0 Å². The predicted octanol–water partition coefficient (Wildman–Crippen LogP) is 0.467. The molecule has 0 aliphatic heterocycles. The van der Waals surface area contributed by atoms with Crippen molar-refractivity contribution >= 4 is 40.1 Å². The highest BCUT2D eigenvalue weighted by Gasteiger charge is 2.03. The van der Waals surface area contributed by atoms with Gasteiger partial charge in [-0.2, -0.15) is 0 Å². The Bertz CT molecular complexity index is 388. The van der Waals surface area contributed by atoms with Crippen LogP contribution in [0, 0.1) is 0 Å².